The van der Waals surface area contributed by atoms with E-state index in [0.29, 0.717) is 4.75 Å². The molecule has 0 heterocycles. The van der Waals surface area contributed by atoms with Gasteiger partial charge in [0.25, 0.3) is 0 Å². The highest BCUT2D eigenvalue weighted by atomic mass is 32.2. The number of hydrogen-bond donors (Lipinski definition) is 1. The maximum absolute atomic E-state index is 3.81. The summed E-state index contributed by atoms with van der Waals surface area (Å²) in [6.07, 6.45) is 7.02. The molecule has 0 saturated heterocycles. The molecule has 0 aliphatic heterocycles. The highest BCUT2D eigenvalue weighted by molar-refractivity contribution is 8.00. The van der Waals surface area contributed by atoms with Gasteiger partial charge in [0.15, 0.2) is 0 Å². The molecule has 1 aliphatic carbocycles. The SMILES string of the molecule is CCCNC(CSC(C)(C)C)C1CCCC(C)C1. The van der Waals surface area contributed by atoms with Gasteiger partial charge >= 0.3 is 0 Å². The van der Waals surface area contributed by atoms with E-state index < -0.39 is 0 Å². The van der Waals surface area contributed by atoms with E-state index in [1.165, 1.54) is 44.4 Å². The van der Waals surface area contributed by atoms with Gasteiger partial charge in [-0.15, -0.1) is 0 Å². The maximum Gasteiger partial charge on any atom is 0.0186 e. The summed E-state index contributed by atoms with van der Waals surface area (Å²) in [5.41, 5.74) is 0. The Morgan fingerprint density at radius 2 is 2.00 bits per heavy atom. The lowest BCUT2D eigenvalue weighted by Gasteiger charge is -2.35. The molecular formula is C16H33NS. The van der Waals surface area contributed by atoms with Crippen molar-refractivity contribution in [2.45, 2.75) is 77.5 Å². The molecule has 0 aromatic carbocycles. The quantitative estimate of drug-likeness (QED) is 0.750. The van der Waals surface area contributed by atoms with Crippen LogP contribution in [0.2, 0.25) is 0 Å². The molecule has 0 aromatic heterocycles. The molecule has 1 N–H and O–H groups in total. The molecule has 3 atom stereocenters. The minimum absolute atomic E-state index is 0.395. The van der Waals surface area contributed by atoms with Crippen LogP contribution in [-0.4, -0.2) is 23.1 Å². The van der Waals surface area contributed by atoms with E-state index in [2.05, 4.69) is 51.7 Å². The Hall–Kier alpha value is 0.310. The highest BCUT2D eigenvalue weighted by Gasteiger charge is 2.27. The fourth-order valence-corrected chi connectivity index (χ4v) is 3.95. The van der Waals surface area contributed by atoms with E-state index in [-0.39, 0.29) is 0 Å². The van der Waals surface area contributed by atoms with Crippen molar-refractivity contribution in [1.29, 1.82) is 0 Å². The topological polar surface area (TPSA) is 12.0 Å². The van der Waals surface area contributed by atoms with E-state index in [1.54, 1.807) is 0 Å². The smallest absolute Gasteiger partial charge is 0.0186 e. The molecule has 1 saturated carbocycles. The average molecular weight is 272 g/mol. The molecule has 18 heavy (non-hydrogen) atoms. The molecule has 0 bridgehead atoms. The molecule has 1 aliphatic rings. The molecule has 1 nitrogen and oxygen atoms in total. The van der Waals surface area contributed by atoms with E-state index >= 15 is 0 Å². The lowest BCUT2D eigenvalue weighted by molar-refractivity contribution is 0.234. The van der Waals surface area contributed by atoms with E-state index in [1.807, 2.05) is 0 Å². The monoisotopic (exact) mass is 271 g/mol. The average Bonchev–Trinajstić information content (AvgIpc) is 2.28. The fraction of sp³-hybridized carbons (Fsp3) is 1.00. The molecule has 3 unspecified atom stereocenters. The van der Waals surface area contributed by atoms with Gasteiger partial charge in [-0.1, -0.05) is 47.5 Å². The molecule has 108 valence electrons. The number of hydrogen-bond acceptors (Lipinski definition) is 2. The summed E-state index contributed by atoms with van der Waals surface area (Å²) in [6.45, 7) is 12.9. The van der Waals surface area contributed by atoms with Crippen molar-refractivity contribution in [3.05, 3.63) is 0 Å². The van der Waals surface area contributed by atoms with Crippen LogP contribution < -0.4 is 5.32 Å². The normalized spacial score (nSPS) is 27.2. The second-order valence-corrected chi connectivity index (χ2v) is 8.86. The second-order valence-electron chi connectivity index (χ2n) is 7.02. The minimum atomic E-state index is 0.395. The van der Waals surface area contributed by atoms with E-state index in [0.717, 1.165) is 17.9 Å². The van der Waals surface area contributed by atoms with Crippen molar-refractivity contribution in [2.75, 3.05) is 12.3 Å². The Bertz CT molecular complexity index is 222. The Labute approximate surface area is 119 Å². The van der Waals surface area contributed by atoms with Gasteiger partial charge in [0.05, 0.1) is 0 Å². The van der Waals surface area contributed by atoms with Crippen molar-refractivity contribution < 1.29 is 0 Å². The summed E-state index contributed by atoms with van der Waals surface area (Å²) in [6, 6.07) is 0.733. The lowest BCUT2D eigenvalue weighted by atomic mass is 9.79. The zero-order valence-electron chi connectivity index (χ0n) is 13.1. The number of nitrogens with one attached hydrogen (secondary N) is 1. The molecule has 1 rings (SSSR count). The van der Waals surface area contributed by atoms with Gasteiger partial charge < -0.3 is 5.32 Å². The van der Waals surface area contributed by atoms with Gasteiger partial charge in [-0.2, -0.15) is 11.8 Å². The minimum Gasteiger partial charge on any atom is -0.313 e. The van der Waals surface area contributed by atoms with Crippen LogP contribution >= 0.6 is 11.8 Å². The van der Waals surface area contributed by atoms with Crippen LogP contribution in [0, 0.1) is 11.8 Å². The van der Waals surface area contributed by atoms with Crippen molar-refractivity contribution in [3.8, 4) is 0 Å². The van der Waals surface area contributed by atoms with Crippen molar-refractivity contribution >= 4 is 11.8 Å². The lowest BCUT2D eigenvalue weighted by Crippen LogP contribution is -2.41. The first-order valence-corrected chi connectivity index (χ1v) is 8.78. The number of thioether (sulfide) groups is 1. The van der Waals surface area contributed by atoms with Crippen molar-refractivity contribution in [3.63, 3.8) is 0 Å². The summed E-state index contributed by atoms with van der Waals surface area (Å²) in [5.74, 6) is 3.13. The Kier molecular flexibility index (Phi) is 7.08. The summed E-state index contributed by atoms with van der Waals surface area (Å²) in [4.78, 5) is 0. The first-order valence-electron chi connectivity index (χ1n) is 7.79. The zero-order chi connectivity index (χ0) is 13.6. The Morgan fingerprint density at radius 1 is 1.28 bits per heavy atom. The summed E-state index contributed by atoms with van der Waals surface area (Å²) in [5, 5.41) is 3.81. The fourth-order valence-electron chi connectivity index (χ4n) is 2.88. The van der Waals surface area contributed by atoms with Gasteiger partial charge in [-0.3, -0.25) is 0 Å². The van der Waals surface area contributed by atoms with Crippen LogP contribution in [0.5, 0.6) is 0 Å². The third kappa shape index (κ3) is 6.47. The van der Waals surface area contributed by atoms with E-state index in [4.69, 9.17) is 0 Å². The molecular weight excluding hydrogens is 238 g/mol. The van der Waals surface area contributed by atoms with Crippen LogP contribution in [0.3, 0.4) is 0 Å². The van der Waals surface area contributed by atoms with Gasteiger partial charge in [0, 0.05) is 16.5 Å². The largest absolute Gasteiger partial charge is 0.313 e. The van der Waals surface area contributed by atoms with Gasteiger partial charge in [-0.25, -0.2) is 0 Å². The highest BCUT2D eigenvalue weighted by Crippen LogP contribution is 2.33. The van der Waals surface area contributed by atoms with Crippen molar-refractivity contribution in [2.24, 2.45) is 11.8 Å². The van der Waals surface area contributed by atoms with Crippen LogP contribution in [0.25, 0.3) is 0 Å². The summed E-state index contributed by atoms with van der Waals surface area (Å²) >= 11 is 2.12. The van der Waals surface area contributed by atoms with Crippen molar-refractivity contribution in [1.82, 2.24) is 5.32 Å². The van der Waals surface area contributed by atoms with E-state index in [9.17, 15) is 0 Å². The number of rotatable bonds is 6. The maximum atomic E-state index is 3.81. The van der Waals surface area contributed by atoms with Gasteiger partial charge in [-0.05, 0) is 37.6 Å². The Balaban J connectivity index is 2.48. The molecule has 0 radical (unpaired) electrons. The van der Waals surface area contributed by atoms with Gasteiger partial charge in [0.1, 0.15) is 0 Å². The predicted octanol–water partition coefficient (Wildman–Crippen LogP) is 4.71. The zero-order valence-corrected chi connectivity index (χ0v) is 13.9. The van der Waals surface area contributed by atoms with Crippen LogP contribution in [0.4, 0.5) is 0 Å². The van der Waals surface area contributed by atoms with Crippen LogP contribution in [0.15, 0.2) is 0 Å². The molecule has 0 aromatic rings. The molecule has 0 spiro atoms. The summed E-state index contributed by atoms with van der Waals surface area (Å²) < 4.78 is 0.395. The molecule has 1 fully saturated rings. The molecule has 0 amide bonds. The molecule has 2 heteroatoms. The third-order valence-corrected chi connectivity index (χ3v) is 5.29. The Morgan fingerprint density at radius 3 is 2.56 bits per heavy atom. The predicted molar refractivity (Wildman–Crippen MR) is 85.4 cm³/mol. The first-order chi connectivity index (χ1) is 8.42. The third-order valence-electron chi connectivity index (χ3n) is 3.90. The van der Waals surface area contributed by atoms with Gasteiger partial charge in [0.2, 0.25) is 0 Å². The van der Waals surface area contributed by atoms with Crippen LogP contribution in [0.1, 0.15) is 66.7 Å². The standard InChI is InChI=1S/C16H33NS/c1-6-10-17-15(12-18-16(3,4)5)14-9-7-8-13(2)11-14/h13-15,17H,6-12H2,1-5H3. The first kappa shape index (κ1) is 16.4. The summed E-state index contributed by atoms with van der Waals surface area (Å²) in [7, 11) is 0. The second kappa shape index (κ2) is 7.79. The van der Waals surface area contributed by atoms with Crippen LogP contribution in [-0.2, 0) is 0 Å².